The van der Waals surface area contributed by atoms with Crippen LogP contribution < -0.4 is 5.32 Å². The number of hydrogen-bond acceptors (Lipinski definition) is 3. The van der Waals surface area contributed by atoms with Crippen LogP contribution in [0.25, 0.3) is 6.08 Å². The number of methoxy groups -OCH3 is 1. The minimum Gasteiger partial charge on any atom is -0.465 e. The smallest absolute Gasteiger partial charge is 0.339 e. The third-order valence-electron chi connectivity index (χ3n) is 2.96. The van der Waals surface area contributed by atoms with Gasteiger partial charge in [0.05, 0.1) is 17.7 Å². The number of amides is 1. The largest absolute Gasteiger partial charge is 0.465 e. The standard InChI is InChI=1S/C17H13Cl2NO3/c1-23-17(22)13-10-12(7-8-15(13)19)20-16(21)9-6-11-4-2-3-5-14(11)18/h2-10H,1H3,(H,20,21)/b9-6+. The van der Waals surface area contributed by atoms with Crippen molar-refractivity contribution in [1.29, 1.82) is 0 Å². The van der Waals surface area contributed by atoms with Crippen molar-refractivity contribution >= 4 is 46.8 Å². The minimum atomic E-state index is -0.572. The van der Waals surface area contributed by atoms with E-state index in [4.69, 9.17) is 23.2 Å². The van der Waals surface area contributed by atoms with E-state index in [1.54, 1.807) is 24.3 Å². The van der Waals surface area contributed by atoms with Gasteiger partial charge in [0.2, 0.25) is 5.91 Å². The number of anilines is 1. The number of nitrogens with one attached hydrogen (secondary N) is 1. The van der Waals surface area contributed by atoms with Crippen molar-refractivity contribution in [2.75, 3.05) is 12.4 Å². The molecule has 0 fully saturated rings. The lowest BCUT2D eigenvalue weighted by Gasteiger charge is -2.06. The van der Waals surface area contributed by atoms with Crippen LogP contribution in [0.2, 0.25) is 10.0 Å². The molecule has 0 heterocycles. The molecule has 0 aromatic heterocycles. The summed E-state index contributed by atoms with van der Waals surface area (Å²) < 4.78 is 4.63. The van der Waals surface area contributed by atoms with Crippen LogP contribution >= 0.6 is 23.2 Å². The van der Waals surface area contributed by atoms with Crippen LogP contribution in [0.15, 0.2) is 48.5 Å². The Hall–Kier alpha value is -2.30. The van der Waals surface area contributed by atoms with Crippen molar-refractivity contribution < 1.29 is 14.3 Å². The van der Waals surface area contributed by atoms with Gasteiger partial charge in [-0.05, 0) is 35.9 Å². The van der Waals surface area contributed by atoms with E-state index in [1.165, 1.54) is 25.3 Å². The van der Waals surface area contributed by atoms with Crippen molar-refractivity contribution in [3.8, 4) is 0 Å². The van der Waals surface area contributed by atoms with Gasteiger partial charge >= 0.3 is 5.97 Å². The molecule has 0 atom stereocenters. The van der Waals surface area contributed by atoms with E-state index in [0.29, 0.717) is 10.7 Å². The molecule has 1 amide bonds. The summed E-state index contributed by atoms with van der Waals surface area (Å²) in [6, 6.07) is 11.7. The Morgan fingerprint density at radius 1 is 1.09 bits per heavy atom. The predicted molar refractivity (Wildman–Crippen MR) is 91.9 cm³/mol. The first-order valence-corrected chi connectivity index (χ1v) is 7.38. The topological polar surface area (TPSA) is 55.4 Å². The summed E-state index contributed by atoms with van der Waals surface area (Å²) in [6.07, 6.45) is 2.96. The fourth-order valence-electron chi connectivity index (χ4n) is 1.83. The molecule has 0 aliphatic carbocycles. The molecule has 0 spiro atoms. The minimum absolute atomic E-state index is 0.182. The Morgan fingerprint density at radius 2 is 1.83 bits per heavy atom. The van der Waals surface area contributed by atoms with Gasteiger partial charge in [0.25, 0.3) is 0 Å². The summed E-state index contributed by atoms with van der Waals surface area (Å²) in [5.41, 5.74) is 1.35. The molecule has 0 aliphatic rings. The molecule has 0 radical (unpaired) electrons. The zero-order valence-corrected chi connectivity index (χ0v) is 13.7. The lowest BCUT2D eigenvalue weighted by Crippen LogP contribution is -2.09. The van der Waals surface area contributed by atoms with E-state index in [9.17, 15) is 9.59 Å². The second kappa shape index (κ2) is 7.81. The summed E-state index contributed by atoms with van der Waals surface area (Å²) in [4.78, 5) is 23.5. The normalized spacial score (nSPS) is 10.6. The van der Waals surface area contributed by atoms with Crippen LogP contribution in [0, 0.1) is 0 Å². The van der Waals surface area contributed by atoms with Crippen molar-refractivity contribution in [1.82, 2.24) is 0 Å². The van der Waals surface area contributed by atoms with Crippen molar-refractivity contribution in [3.63, 3.8) is 0 Å². The molecule has 1 N–H and O–H groups in total. The summed E-state index contributed by atoms with van der Waals surface area (Å²) in [7, 11) is 1.26. The first-order chi connectivity index (χ1) is 11.0. The molecule has 4 nitrogen and oxygen atoms in total. The molecule has 0 aliphatic heterocycles. The average Bonchev–Trinajstić information content (AvgIpc) is 2.55. The van der Waals surface area contributed by atoms with E-state index in [0.717, 1.165) is 5.56 Å². The van der Waals surface area contributed by atoms with Crippen LogP contribution in [0.5, 0.6) is 0 Å². The third-order valence-corrected chi connectivity index (χ3v) is 3.63. The first kappa shape index (κ1) is 17.1. The highest BCUT2D eigenvalue weighted by atomic mass is 35.5. The Bertz CT molecular complexity index is 772. The Balaban J connectivity index is 2.12. The molecule has 2 aromatic carbocycles. The number of ether oxygens (including phenoxy) is 1. The summed E-state index contributed by atoms with van der Waals surface area (Å²) in [6.45, 7) is 0. The van der Waals surface area contributed by atoms with Crippen LogP contribution in [0.4, 0.5) is 5.69 Å². The highest BCUT2D eigenvalue weighted by Crippen LogP contribution is 2.21. The lowest BCUT2D eigenvalue weighted by atomic mass is 10.2. The van der Waals surface area contributed by atoms with Gasteiger partial charge in [-0.1, -0.05) is 41.4 Å². The highest BCUT2D eigenvalue weighted by molar-refractivity contribution is 6.33. The molecular formula is C17H13Cl2NO3. The number of carbonyl (C=O) groups excluding carboxylic acids is 2. The van der Waals surface area contributed by atoms with Crippen LogP contribution in [-0.2, 0) is 9.53 Å². The number of hydrogen-bond donors (Lipinski definition) is 1. The maximum absolute atomic E-state index is 11.9. The maximum atomic E-state index is 11.9. The number of halogens is 2. The molecule has 0 saturated heterocycles. The van der Waals surface area contributed by atoms with Gasteiger partial charge in [0.1, 0.15) is 0 Å². The lowest BCUT2D eigenvalue weighted by molar-refractivity contribution is -0.111. The molecule has 2 aromatic rings. The van der Waals surface area contributed by atoms with Crippen molar-refractivity contribution in [3.05, 3.63) is 69.7 Å². The second-order valence-corrected chi connectivity index (χ2v) is 5.34. The van der Waals surface area contributed by atoms with E-state index >= 15 is 0 Å². The van der Waals surface area contributed by atoms with E-state index < -0.39 is 5.97 Å². The summed E-state index contributed by atoms with van der Waals surface area (Å²) >= 11 is 11.9. The molecule has 0 saturated carbocycles. The van der Waals surface area contributed by atoms with Gasteiger partial charge in [-0.3, -0.25) is 4.79 Å². The molecule has 118 valence electrons. The van der Waals surface area contributed by atoms with Crippen LogP contribution in [-0.4, -0.2) is 19.0 Å². The SMILES string of the molecule is COC(=O)c1cc(NC(=O)/C=C/c2ccccc2Cl)ccc1Cl. The van der Waals surface area contributed by atoms with Gasteiger partial charge in [0, 0.05) is 16.8 Å². The first-order valence-electron chi connectivity index (χ1n) is 6.62. The van der Waals surface area contributed by atoms with Crippen LogP contribution in [0.1, 0.15) is 15.9 Å². The summed E-state index contributed by atoms with van der Waals surface area (Å²) in [5, 5.41) is 3.45. The quantitative estimate of drug-likeness (QED) is 0.656. The van der Waals surface area contributed by atoms with Gasteiger partial charge < -0.3 is 10.1 Å². The Morgan fingerprint density at radius 3 is 2.52 bits per heavy atom. The number of rotatable bonds is 4. The van der Waals surface area contributed by atoms with Crippen molar-refractivity contribution in [2.45, 2.75) is 0 Å². The number of carbonyl (C=O) groups is 2. The highest BCUT2D eigenvalue weighted by Gasteiger charge is 2.12. The maximum Gasteiger partial charge on any atom is 0.339 e. The molecule has 6 heteroatoms. The van der Waals surface area contributed by atoms with Gasteiger partial charge in [-0.25, -0.2) is 4.79 Å². The van der Waals surface area contributed by atoms with Crippen LogP contribution in [0.3, 0.4) is 0 Å². The zero-order valence-electron chi connectivity index (χ0n) is 12.2. The molecule has 23 heavy (non-hydrogen) atoms. The van der Waals surface area contributed by atoms with E-state index in [2.05, 4.69) is 10.1 Å². The number of esters is 1. The Labute approximate surface area is 143 Å². The van der Waals surface area contributed by atoms with Gasteiger partial charge in [0.15, 0.2) is 0 Å². The third kappa shape index (κ3) is 4.58. The summed E-state index contributed by atoms with van der Waals surface area (Å²) in [5.74, 6) is -0.930. The van der Waals surface area contributed by atoms with E-state index in [1.807, 2.05) is 12.1 Å². The molecule has 0 unspecified atom stereocenters. The van der Waals surface area contributed by atoms with Gasteiger partial charge in [-0.15, -0.1) is 0 Å². The van der Waals surface area contributed by atoms with E-state index in [-0.39, 0.29) is 16.5 Å². The predicted octanol–water partition coefficient (Wildman–Crippen LogP) is 4.43. The number of benzene rings is 2. The molecular weight excluding hydrogens is 337 g/mol. The molecule has 2 rings (SSSR count). The zero-order chi connectivity index (χ0) is 16.8. The fourth-order valence-corrected chi connectivity index (χ4v) is 2.22. The van der Waals surface area contributed by atoms with Gasteiger partial charge in [-0.2, -0.15) is 0 Å². The van der Waals surface area contributed by atoms with Crippen molar-refractivity contribution in [2.24, 2.45) is 0 Å². The fraction of sp³-hybridized carbons (Fsp3) is 0.0588. The Kier molecular flexibility index (Phi) is 5.79. The average molecular weight is 350 g/mol. The second-order valence-electron chi connectivity index (χ2n) is 4.53. The molecule has 0 bridgehead atoms. The monoisotopic (exact) mass is 349 g/mol.